The van der Waals surface area contributed by atoms with Crippen LogP contribution in [0.2, 0.25) is 0 Å². The SMILES string of the molecule is O=C(/C=C/c1ccc(C(=O)c2ccc(OCCCCCCOc3ccccc3)cc2)cc1)Oc1ccccc1. The number of benzene rings is 4. The molecule has 5 heteroatoms. The Bertz CT molecular complexity index is 1330. The summed E-state index contributed by atoms with van der Waals surface area (Å²) in [5.41, 5.74) is 1.96. The van der Waals surface area contributed by atoms with E-state index in [0.29, 0.717) is 23.5 Å². The van der Waals surface area contributed by atoms with E-state index in [4.69, 9.17) is 14.2 Å². The van der Waals surface area contributed by atoms with Crippen LogP contribution in [0.15, 0.2) is 115 Å². The van der Waals surface area contributed by atoms with Crippen molar-refractivity contribution < 1.29 is 23.8 Å². The van der Waals surface area contributed by atoms with E-state index >= 15 is 0 Å². The summed E-state index contributed by atoms with van der Waals surface area (Å²) in [6.45, 7) is 1.36. The van der Waals surface area contributed by atoms with Crippen LogP contribution >= 0.6 is 0 Å². The molecule has 0 aliphatic heterocycles. The molecule has 0 saturated heterocycles. The maximum absolute atomic E-state index is 12.9. The molecule has 0 amide bonds. The van der Waals surface area contributed by atoms with Crippen molar-refractivity contribution in [1.82, 2.24) is 0 Å². The fraction of sp³-hybridized carbons (Fsp3) is 0.176. The number of para-hydroxylation sites is 2. The van der Waals surface area contributed by atoms with Crippen molar-refractivity contribution in [3.8, 4) is 17.2 Å². The maximum atomic E-state index is 12.9. The van der Waals surface area contributed by atoms with Gasteiger partial charge < -0.3 is 14.2 Å². The first-order valence-corrected chi connectivity index (χ1v) is 13.2. The lowest BCUT2D eigenvalue weighted by atomic mass is 10.0. The third-order valence-electron chi connectivity index (χ3n) is 5.98. The minimum atomic E-state index is -0.461. The highest BCUT2D eigenvalue weighted by Gasteiger charge is 2.09. The Hall–Kier alpha value is -4.64. The number of unbranched alkanes of at least 4 members (excludes halogenated alkanes) is 3. The van der Waals surface area contributed by atoms with Crippen molar-refractivity contribution in [3.63, 3.8) is 0 Å². The molecule has 0 radical (unpaired) electrons. The first-order valence-electron chi connectivity index (χ1n) is 13.2. The molecule has 0 bridgehead atoms. The van der Waals surface area contributed by atoms with Crippen molar-refractivity contribution >= 4 is 17.8 Å². The van der Waals surface area contributed by atoms with E-state index in [2.05, 4.69) is 0 Å². The summed E-state index contributed by atoms with van der Waals surface area (Å²) < 4.78 is 16.8. The van der Waals surface area contributed by atoms with E-state index in [1.807, 2.05) is 48.5 Å². The highest BCUT2D eigenvalue weighted by atomic mass is 16.5. The Kier molecular flexibility index (Phi) is 10.5. The van der Waals surface area contributed by atoms with Gasteiger partial charge in [0.2, 0.25) is 0 Å². The molecule has 0 aromatic heterocycles. The van der Waals surface area contributed by atoms with E-state index in [0.717, 1.165) is 49.4 Å². The van der Waals surface area contributed by atoms with Crippen LogP contribution in [-0.2, 0) is 4.79 Å². The number of hydrogen-bond acceptors (Lipinski definition) is 5. The van der Waals surface area contributed by atoms with Gasteiger partial charge in [-0.15, -0.1) is 0 Å². The Morgan fingerprint density at radius 3 is 1.59 bits per heavy atom. The number of hydrogen-bond donors (Lipinski definition) is 0. The minimum Gasteiger partial charge on any atom is -0.494 e. The van der Waals surface area contributed by atoms with Crippen molar-refractivity contribution in [3.05, 3.63) is 132 Å². The molecule has 198 valence electrons. The van der Waals surface area contributed by atoms with E-state index in [-0.39, 0.29) is 5.78 Å². The Labute approximate surface area is 229 Å². The van der Waals surface area contributed by atoms with Crippen LogP contribution in [0.25, 0.3) is 6.08 Å². The highest BCUT2D eigenvalue weighted by molar-refractivity contribution is 6.09. The average Bonchev–Trinajstić information content (AvgIpc) is 2.99. The Balaban J connectivity index is 1.15. The molecule has 39 heavy (non-hydrogen) atoms. The molecule has 0 N–H and O–H groups in total. The monoisotopic (exact) mass is 520 g/mol. The van der Waals surface area contributed by atoms with Gasteiger partial charge in [-0.1, -0.05) is 60.7 Å². The van der Waals surface area contributed by atoms with Gasteiger partial charge in [-0.2, -0.15) is 0 Å². The normalized spacial score (nSPS) is 10.8. The number of carbonyl (C=O) groups excluding carboxylic acids is 2. The third-order valence-corrected chi connectivity index (χ3v) is 5.98. The molecule has 0 saturated carbocycles. The minimum absolute atomic E-state index is 0.0710. The summed E-state index contributed by atoms with van der Waals surface area (Å²) in [4.78, 5) is 24.8. The zero-order valence-corrected chi connectivity index (χ0v) is 21.8. The number of carbonyl (C=O) groups is 2. The van der Waals surface area contributed by atoms with Gasteiger partial charge >= 0.3 is 5.97 Å². The summed E-state index contributed by atoms with van der Waals surface area (Å²) in [6.07, 6.45) is 7.18. The summed E-state index contributed by atoms with van der Waals surface area (Å²) in [5.74, 6) is 1.62. The van der Waals surface area contributed by atoms with Gasteiger partial charge in [0.05, 0.1) is 13.2 Å². The molecule has 0 fully saturated rings. The molecule has 4 rings (SSSR count). The second kappa shape index (κ2) is 14.9. The Morgan fingerprint density at radius 1 is 0.538 bits per heavy atom. The van der Waals surface area contributed by atoms with Gasteiger partial charge in [0.25, 0.3) is 0 Å². The third kappa shape index (κ3) is 9.31. The van der Waals surface area contributed by atoms with Crippen LogP contribution in [0.3, 0.4) is 0 Å². The van der Waals surface area contributed by atoms with E-state index < -0.39 is 5.97 Å². The lowest BCUT2D eigenvalue weighted by Crippen LogP contribution is -2.03. The van der Waals surface area contributed by atoms with Crippen molar-refractivity contribution in [2.75, 3.05) is 13.2 Å². The van der Waals surface area contributed by atoms with Gasteiger partial charge in [0.1, 0.15) is 17.2 Å². The van der Waals surface area contributed by atoms with Crippen LogP contribution in [-0.4, -0.2) is 25.0 Å². The predicted octanol–water partition coefficient (Wildman–Crippen LogP) is 7.55. The van der Waals surface area contributed by atoms with Gasteiger partial charge in [0.15, 0.2) is 5.78 Å². The average molecular weight is 521 g/mol. The van der Waals surface area contributed by atoms with Crippen LogP contribution in [0.5, 0.6) is 17.2 Å². The lowest BCUT2D eigenvalue weighted by Gasteiger charge is -2.08. The first kappa shape index (κ1) is 27.4. The first-order chi connectivity index (χ1) is 19.2. The van der Waals surface area contributed by atoms with Crippen LogP contribution in [0.4, 0.5) is 0 Å². The molecular formula is C34H32O5. The predicted molar refractivity (Wildman–Crippen MR) is 153 cm³/mol. The topological polar surface area (TPSA) is 61.8 Å². The summed E-state index contributed by atoms with van der Waals surface area (Å²) in [5, 5.41) is 0. The number of rotatable bonds is 14. The zero-order chi connectivity index (χ0) is 27.1. The van der Waals surface area contributed by atoms with E-state index in [1.54, 1.807) is 66.7 Å². The van der Waals surface area contributed by atoms with Gasteiger partial charge in [-0.3, -0.25) is 4.79 Å². The van der Waals surface area contributed by atoms with Gasteiger partial charge in [-0.25, -0.2) is 4.79 Å². The van der Waals surface area contributed by atoms with Crippen LogP contribution in [0.1, 0.15) is 47.2 Å². The summed E-state index contributed by atoms with van der Waals surface area (Å²) >= 11 is 0. The fourth-order valence-corrected chi connectivity index (χ4v) is 3.87. The summed E-state index contributed by atoms with van der Waals surface area (Å²) in [7, 11) is 0. The fourth-order valence-electron chi connectivity index (χ4n) is 3.87. The lowest BCUT2D eigenvalue weighted by molar-refractivity contribution is -0.128. The van der Waals surface area contributed by atoms with Crippen molar-refractivity contribution in [1.29, 1.82) is 0 Å². The molecule has 0 spiro atoms. The second-order valence-electron chi connectivity index (χ2n) is 8.97. The smallest absolute Gasteiger partial charge is 0.336 e. The highest BCUT2D eigenvalue weighted by Crippen LogP contribution is 2.17. The van der Waals surface area contributed by atoms with Gasteiger partial charge in [0, 0.05) is 17.2 Å². The van der Waals surface area contributed by atoms with E-state index in [9.17, 15) is 9.59 Å². The molecule has 0 heterocycles. The van der Waals surface area contributed by atoms with E-state index in [1.165, 1.54) is 6.08 Å². The van der Waals surface area contributed by atoms with Gasteiger partial charge in [-0.05, 0) is 85.9 Å². The molecular weight excluding hydrogens is 488 g/mol. The largest absolute Gasteiger partial charge is 0.494 e. The van der Waals surface area contributed by atoms with Crippen molar-refractivity contribution in [2.24, 2.45) is 0 Å². The molecule has 0 aliphatic carbocycles. The molecule has 5 nitrogen and oxygen atoms in total. The van der Waals surface area contributed by atoms with Crippen LogP contribution < -0.4 is 14.2 Å². The zero-order valence-electron chi connectivity index (χ0n) is 21.8. The molecule has 0 aliphatic rings. The molecule has 0 unspecified atom stereocenters. The maximum Gasteiger partial charge on any atom is 0.336 e. The summed E-state index contributed by atoms with van der Waals surface area (Å²) in [6, 6.07) is 33.1. The molecule has 4 aromatic rings. The molecule has 4 aromatic carbocycles. The second-order valence-corrected chi connectivity index (χ2v) is 8.97. The quantitative estimate of drug-likeness (QED) is 0.0565. The molecule has 0 atom stereocenters. The van der Waals surface area contributed by atoms with Crippen LogP contribution in [0, 0.1) is 0 Å². The Morgan fingerprint density at radius 2 is 1.03 bits per heavy atom. The number of ketones is 1. The number of esters is 1. The number of ether oxygens (including phenoxy) is 3. The standard InChI is InChI=1S/C34H32O5/c35-33(39-32-13-7-4-8-14-32)24-17-27-15-18-28(19-16-27)34(36)29-20-22-31(23-21-29)38-26-10-2-1-9-25-37-30-11-5-3-6-12-30/h3-8,11-24H,1-2,9-10,25-26H2/b24-17+. The van der Waals surface area contributed by atoms with Crippen molar-refractivity contribution in [2.45, 2.75) is 25.7 Å².